The molecule has 7 heteroatoms. The number of methoxy groups -OCH3 is 1. The van der Waals surface area contributed by atoms with E-state index in [2.05, 4.69) is 5.10 Å². The summed E-state index contributed by atoms with van der Waals surface area (Å²) in [6.07, 6.45) is 3.12. The predicted molar refractivity (Wildman–Crippen MR) is 105 cm³/mol. The van der Waals surface area contributed by atoms with Crippen LogP contribution in [-0.2, 0) is 14.3 Å². The maximum Gasteiger partial charge on any atom is 0.348 e. The summed E-state index contributed by atoms with van der Waals surface area (Å²) in [6, 6.07) is 17.1. The Hall–Kier alpha value is -3.76. The molecule has 0 saturated carbocycles. The molecule has 0 fully saturated rings. The van der Waals surface area contributed by atoms with E-state index in [9.17, 15) is 14.4 Å². The van der Waals surface area contributed by atoms with Crippen molar-refractivity contribution in [1.82, 2.24) is 9.78 Å². The number of ether oxygens (including phenoxy) is 2. The summed E-state index contributed by atoms with van der Waals surface area (Å²) in [5.41, 5.74) is 2.32. The number of benzene rings is 2. The highest BCUT2D eigenvalue weighted by molar-refractivity contribution is 5.98. The molecule has 1 aromatic heterocycles. The number of carbonyl (C=O) groups is 1. The Morgan fingerprint density at radius 1 is 1.17 bits per heavy atom. The lowest BCUT2D eigenvalue weighted by atomic mass is 10.1. The number of esters is 1. The largest absolute Gasteiger partial charge is 0.459 e. The van der Waals surface area contributed by atoms with E-state index in [0.29, 0.717) is 16.8 Å². The number of aromatic nitrogens is 2. The average Bonchev–Trinajstić information content (AvgIpc) is 3.17. The number of hydrogen-bond donors (Lipinski definition) is 0. The standard InChI is InChI=1S/C22H18FN3O3/c1-28-11-12-29-22(27)17(14-24)13-18-15-26(20-5-3-2-4-6-20)25-21(18)16-7-9-19(23)10-8-16/h2-10,13,15H,11-12H2,1H3/b17-13+. The van der Waals surface area contributed by atoms with E-state index in [1.807, 2.05) is 36.4 Å². The molecule has 0 aliphatic heterocycles. The van der Waals surface area contributed by atoms with Crippen LogP contribution in [0.5, 0.6) is 0 Å². The Kier molecular flexibility index (Phi) is 6.51. The summed E-state index contributed by atoms with van der Waals surface area (Å²) in [5.74, 6) is -1.12. The lowest BCUT2D eigenvalue weighted by Gasteiger charge is -2.03. The topological polar surface area (TPSA) is 77.1 Å². The van der Waals surface area contributed by atoms with Gasteiger partial charge in [0.25, 0.3) is 0 Å². The van der Waals surface area contributed by atoms with Gasteiger partial charge in [0.05, 0.1) is 18.0 Å². The number of halogens is 1. The first kappa shape index (κ1) is 20.0. The first-order valence-corrected chi connectivity index (χ1v) is 8.81. The lowest BCUT2D eigenvalue weighted by molar-refractivity contribution is -0.139. The van der Waals surface area contributed by atoms with Gasteiger partial charge in [0.1, 0.15) is 24.1 Å². The molecule has 0 amide bonds. The fourth-order valence-corrected chi connectivity index (χ4v) is 2.63. The SMILES string of the molecule is COCCOC(=O)/C(C#N)=C/c1cn(-c2ccccc2)nc1-c1ccc(F)cc1. The first-order valence-electron chi connectivity index (χ1n) is 8.81. The van der Waals surface area contributed by atoms with Gasteiger partial charge in [-0.05, 0) is 42.5 Å². The summed E-state index contributed by atoms with van der Waals surface area (Å²) >= 11 is 0. The minimum atomic E-state index is -0.748. The Morgan fingerprint density at radius 3 is 2.55 bits per heavy atom. The minimum Gasteiger partial charge on any atom is -0.459 e. The molecule has 0 aliphatic carbocycles. The monoisotopic (exact) mass is 391 g/mol. The van der Waals surface area contributed by atoms with E-state index in [1.165, 1.54) is 25.3 Å². The van der Waals surface area contributed by atoms with Gasteiger partial charge in [0.2, 0.25) is 0 Å². The van der Waals surface area contributed by atoms with Gasteiger partial charge in [-0.1, -0.05) is 18.2 Å². The molecule has 1 heterocycles. The third-order valence-corrected chi connectivity index (χ3v) is 4.04. The number of para-hydroxylation sites is 1. The first-order chi connectivity index (χ1) is 14.1. The van der Waals surface area contributed by atoms with Gasteiger partial charge in [-0.25, -0.2) is 13.9 Å². The van der Waals surface area contributed by atoms with E-state index in [-0.39, 0.29) is 24.6 Å². The van der Waals surface area contributed by atoms with Crippen LogP contribution in [0.4, 0.5) is 4.39 Å². The fourth-order valence-electron chi connectivity index (χ4n) is 2.63. The number of hydrogen-bond acceptors (Lipinski definition) is 5. The third kappa shape index (κ3) is 4.94. The second-order valence-corrected chi connectivity index (χ2v) is 6.02. The predicted octanol–water partition coefficient (Wildman–Crippen LogP) is 3.77. The van der Waals surface area contributed by atoms with E-state index in [1.54, 1.807) is 23.0 Å². The Bertz CT molecular complexity index is 1050. The zero-order valence-electron chi connectivity index (χ0n) is 15.7. The summed E-state index contributed by atoms with van der Waals surface area (Å²) in [7, 11) is 1.49. The molecule has 146 valence electrons. The van der Waals surface area contributed by atoms with E-state index in [4.69, 9.17) is 9.47 Å². The quantitative estimate of drug-likeness (QED) is 0.265. The highest BCUT2D eigenvalue weighted by Crippen LogP contribution is 2.26. The van der Waals surface area contributed by atoms with Crippen LogP contribution in [0.1, 0.15) is 5.56 Å². The van der Waals surface area contributed by atoms with Crippen molar-refractivity contribution in [3.63, 3.8) is 0 Å². The van der Waals surface area contributed by atoms with Crippen molar-refractivity contribution in [3.05, 3.63) is 77.7 Å². The van der Waals surface area contributed by atoms with Crippen LogP contribution < -0.4 is 0 Å². The molecular weight excluding hydrogens is 373 g/mol. The van der Waals surface area contributed by atoms with Crippen molar-refractivity contribution >= 4 is 12.0 Å². The zero-order chi connectivity index (χ0) is 20.6. The van der Waals surface area contributed by atoms with Gasteiger partial charge in [0.15, 0.2) is 0 Å². The van der Waals surface area contributed by atoms with Gasteiger partial charge in [-0.15, -0.1) is 0 Å². The van der Waals surface area contributed by atoms with Crippen LogP contribution in [0, 0.1) is 17.1 Å². The van der Waals surface area contributed by atoms with Crippen LogP contribution in [0.15, 0.2) is 66.4 Å². The number of carbonyl (C=O) groups excluding carboxylic acids is 1. The third-order valence-electron chi connectivity index (χ3n) is 4.04. The normalized spacial score (nSPS) is 11.1. The number of nitrogens with zero attached hydrogens (tertiary/aromatic N) is 3. The van der Waals surface area contributed by atoms with Gasteiger partial charge < -0.3 is 9.47 Å². The second-order valence-electron chi connectivity index (χ2n) is 6.02. The summed E-state index contributed by atoms with van der Waals surface area (Å²) in [5, 5.41) is 14.0. The Balaban J connectivity index is 2.03. The van der Waals surface area contributed by atoms with Crippen molar-refractivity contribution in [2.75, 3.05) is 20.3 Å². The maximum absolute atomic E-state index is 13.3. The Labute approximate surface area is 167 Å². The molecule has 0 spiro atoms. The molecule has 2 aromatic carbocycles. The van der Waals surface area contributed by atoms with Crippen LogP contribution in [0.2, 0.25) is 0 Å². The van der Waals surface area contributed by atoms with Gasteiger partial charge in [-0.3, -0.25) is 0 Å². The van der Waals surface area contributed by atoms with Crippen molar-refractivity contribution in [2.24, 2.45) is 0 Å². The van der Waals surface area contributed by atoms with Crippen molar-refractivity contribution in [1.29, 1.82) is 5.26 Å². The molecule has 0 N–H and O–H groups in total. The Morgan fingerprint density at radius 2 is 1.90 bits per heavy atom. The van der Waals surface area contributed by atoms with Gasteiger partial charge in [-0.2, -0.15) is 10.4 Å². The molecule has 0 aliphatic rings. The molecular formula is C22H18FN3O3. The fraction of sp³-hybridized carbons (Fsp3) is 0.136. The number of nitriles is 1. The molecule has 0 saturated heterocycles. The highest BCUT2D eigenvalue weighted by atomic mass is 19.1. The van der Waals surface area contributed by atoms with E-state index < -0.39 is 5.97 Å². The zero-order valence-corrected chi connectivity index (χ0v) is 15.7. The van der Waals surface area contributed by atoms with Crippen molar-refractivity contribution in [2.45, 2.75) is 0 Å². The molecule has 6 nitrogen and oxygen atoms in total. The highest BCUT2D eigenvalue weighted by Gasteiger charge is 2.16. The summed E-state index contributed by atoms with van der Waals surface area (Å²) in [6.45, 7) is 0.277. The molecule has 0 bridgehead atoms. The molecule has 0 radical (unpaired) electrons. The smallest absolute Gasteiger partial charge is 0.348 e. The van der Waals surface area contributed by atoms with Crippen LogP contribution in [0.3, 0.4) is 0 Å². The van der Waals surface area contributed by atoms with Crippen molar-refractivity contribution < 1.29 is 18.7 Å². The molecule has 0 unspecified atom stereocenters. The lowest BCUT2D eigenvalue weighted by Crippen LogP contribution is -2.11. The second kappa shape index (κ2) is 9.44. The summed E-state index contributed by atoms with van der Waals surface area (Å²) < 4.78 is 24.8. The van der Waals surface area contributed by atoms with E-state index >= 15 is 0 Å². The average molecular weight is 391 g/mol. The minimum absolute atomic E-state index is 0.0441. The molecule has 3 aromatic rings. The number of rotatable bonds is 7. The van der Waals surface area contributed by atoms with Crippen molar-refractivity contribution in [3.8, 4) is 23.0 Å². The summed E-state index contributed by atoms with van der Waals surface area (Å²) in [4.78, 5) is 12.2. The molecule has 3 rings (SSSR count). The van der Waals surface area contributed by atoms with Crippen LogP contribution in [-0.4, -0.2) is 36.1 Å². The maximum atomic E-state index is 13.3. The van der Waals surface area contributed by atoms with Crippen LogP contribution in [0.25, 0.3) is 23.0 Å². The van der Waals surface area contributed by atoms with Gasteiger partial charge >= 0.3 is 5.97 Å². The van der Waals surface area contributed by atoms with Gasteiger partial charge in [0, 0.05) is 24.4 Å². The van der Waals surface area contributed by atoms with E-state index in [0.717, 1.165) is 5.69 Å². The molecule has 29 heavy (non-hydrogen) atoms. The molecule has 0 atom stereocenters. The van der Waals surface area contributed by atoms with Crippen LogP contribution >= 0.6 is 0 Å².